The Balaban J connectivity index is 1.46. The molecule has 3 aromatic heterocycles. The highest BCUT2D eigenvalue weighted by Crippen LogP contribution is 2.19. The topological polar surface area (TPSA) is 112 Å². The van der Waals surface area contributed by atoms with Crippen molar-refractivity contribution in [2.75, 3.05) is 0 Å². The molecule has 0 spiro atoms. The maximum absolute atomic E-state index is 13.9. The zero-order valence-electron chi connectivity index (χ0n) is 16.8. The van der Waals surface area contributed by atoms with Crippen molar-refractivity contribution in [3.8, 4) is 11.4 Å². The number of H-pyrrole nitrogens is 1. The molecule has 0 unspecified atom stereocenters. The summed E-state index contributed by atoms with van der Waals surface area (Å²) in [5, 5.41) is 3.89. The number of fused-ring (bicyclic) bond motifs is 1. The number of aromatic amines is 1. The Morgan fingerprint density at radius 3 is 2.71 bits per heavy atom. The molecule has 4 rings (SSSR count). The van der Waals surface area contributed by atoms with Crippen molar-refractivity contribution >= 4 is 22.8 Å². The average molecular weight is 447 g/mol. The van der Waals surface area contributed by atoms with Gasteiger partial charge >= 0.3 is 5.69 Å². The Kier molecular flexibility index (Phi) is 5.99. The van der Waals surface area contributed by atoms with E-state index in [0.29, 0.717) is 38.1 Å². The monoisotopic (exact) mass is 446 g/mol. The fourth-order valence-electron chi connectivity index (χ4n) is 3.42. The van der Waals surface area contributed by atoms with Crippen molar-refractivity contribution in [2.24, 2.45) is 0 Å². The molecule has 1 aromatic carbocycles. The highest BCUT2D eigenvalue weighted by molar-refractivity contribution is 6.28. The van der Waals surface area contributed by atoms with Gasteiger partial charge in [-0.25, -0.2) is 9.18 Å². The second-order valence-electron chi connectivity index (χ2n) is 7.07. The third-order valence-corrected chi connectivity index (χ3v) is 5.06. The van der Waals surface area contributed by atoms with E-state index in [1.54, 1.807) is 18.2 Å². The number of imidazole rings is 1. The number of unbranched alkanes of at least 4 members (excludes halogenated alkanes) is 1. The Bertz CT molecular complexity index is 1340. The number of benzene rings is 1. The molecule has 0 aliphatic rings. The first-order valence-corrected chi connectivity index (χ1v) is 10.3. The minimum Gasteiger partial charge on any atom is -0.339 e. The fraction of sp³-hybridized carbons (Fsp3) is 0.350. The average Bonchev–Trinajstić information content (AvgIpc) is 3.37. The van der Waals surface area contributed by atoms with Gasteiger partial charge in [-0.1, -0.05) is 24.2 Å². The molecule has 0 amide bonds. The van der Waals surface area contributed by atoms with E-state index in [0.717, 1.165) is 0 Å². The number of rotatable bonds is 8. The molecule has 0 atom stereocenters. The van der Waals surface area contributed by atoms with Crippen LogP contribution in [0.5, 0.6) is 0 Å². The number of aromatic nitrogens is 6. The maximum atomic E-state index is 13.9. The molecule has 1 N–H and O–H groups in total. The van der Waals surface area contributed by atoms with E-state index >= 15 is 0 Å². The maximum Gasteiger partial charge on any atom is 0.332 e. The van der Waals surface area contributed by atoms with Gasteiger partial charge < -0.3 is 9.51 Å². The van der Waals surface area contributed by atoms with E-state index in [9.17, 15) is 14.0 Å². The van der Waals surface area contributed by atoms with E-state index in [4.69, 9.17) is 16.1 Å². The SMILES string of the molecule is CCCn1c(=O)n(CCCCc2nc(-c3ccccc3F)no2)c(=O)c2[nH]c(Cl)nc21. The number of nitrogens with one attached hydrogen (secondary N) is 1. The van der Waals surface area contributed by atoms with Crippen LogP contribution in [0.3, 0.4) is 0 Å². The van der Waals surface area contributed by atoms with Crippen molar-refractivity contribution in [2.45, 2.75) is 45.7 Å². The van der Waals surface area contributed by atoms with Crippen LogP contribution in [-0.4, -0.2) is 29.2 Å². The van der Waals surface area contributed by atoms with Crippen LogP contribution in [0, 0.1) is 5.82 Å². The van der Waals surface area contributed by atoms with Gasteiger partial charge in [-0.2, -0.15) is 9.97 Å². The van der Waals surface area contributed by atoms with Crippen molar-refractivity contribution in [3.63, 3.8) is 0 Å². The van der Waals surface area contributed by atoms with Gasteiger partial charge in [0, 0.05) is 19.5 Å². The first-order chi connectivity index (χ1) is 15.0. The molecule has 0 aliphatic heterocycles. The highest BCUT2D eigenvalue weighted by atomic mass is 35.5. The molecule has 0 radical (unpaired) electrons. The van der Waals surface area contributed by atoms with E-state index in [2.05, 4.69) is 20.1 Å². The molecule has 9 nitrogen and oxygen atoms in total. The lowest BCUT2D eigenvalue weighted by Gasteiger charge is -2.10. The summed E-state index contributed by atoms with van der Waals surface area (Å²) in [6.45, 7) is 2.59. The summed E-state index contributed by atoms with van der Waals surface area (Å²) < 4.78 is 21.7. The standard InChI is InChI=1S/C20H20ClFN6O3/c1-2-10-27-17-15(24-19(21)25-17)18(29)28(20(27)30)11-6-5-9-14-23-16(26-31-14)12-7-3-4-8-13(12)22/h3-4,7-8H,2,5-6,9-11H2,1H3,(H,24,25). The molecule has 11 heteroatoms. The Morgan fingerprint density at radius 1 is 1.13 bits per heavy atom. The lowest BCUT2D eigenvalue weighted by atomic mass is 10.2. The quantitative estimate of drug-likeness (QED) is 0.328. The second-order valence-corrected chi connectivity index (χ2v) is 7.42. The smallest absolute Gasteiger partial charge is 0.332 e. The second kappa shape index (κ2) is 8.84. The van der Waals surface area contributed by atoms with Gasteiger partial charge in [0.25, 0.3) is 5.56 Å². The molecule has 31 heavy (non-hydrogen) atoms. The molecular formula is C20H20ClFN6O3. The van der Waals surface area contributed by atoms with Gasteiger partial charge in [0.05, 0.1) is 5.56 Å². The minimum absolute atomic E-state index is 0.0659. The van der Waals surface area contributed by atoms with Crippen molar-refractivity contribution in [1.29, 1.82) is 0 Å². The third kappa shape index (κ3) is 4.15. The first kappa shape index (κ1) is 21.0. The van der Waals surface area contributed by atoms with Crippen LogP contribution in [0.1, 0.15) is 32.1 Å². The third-order valence-electron chi connectivity index (χ3n) is 4.88. The van der Waals surface area contributed by atoms with Gasteiger partial charge in [0.15, 0.2) is 11.2 Å². The molecule has 0 saturated heterocycles. The molecule has 3 heterocycles. The predicted octanol–water partition coefficient (Wildman–Crippen LogP) is 3.16. The molecule has 0 aliphatic carbocycles. The molecule has 162 valence electrons. The first-order valence-electron chi connectivity index (χ1n) is 9.96. The lowest BCUT2D eigenvalue weighted by molar-refractivity contribution is 0.372. The normalized spacial score (nSPS) is 11.5. The van der Waals surface area contributed by atoms with Gasteiger partial charge in [-0.15, -0.1) is 0 Å². The van der Waals surface area contributed by atoms with Crippen LogP contribution >= 0.6 is 11.6 Å². The van der Waals surface area contributed by atoms with Gasteiger partial charge in [0.1, 0.15) is 5.82 Å². The van der Waals surface area contributed by atoms with Crippen LogP contribution in [0.25, 0.3) is 22.6 Å². The molecule has 0 saturated carbocycles. The molecule has 0 fully saturated rings. The van der Waals surface area contributed by atoms with E-state index in [1.807, 2.05) is 6.92 Å². The van der Waals surface area contributed by atoms with Crippen molar-refractivity contribution < 1.29 is 8.91 Å². The van der Waals surface area contributed by atoms with E-state index in [1.165, 1.54) is 15.2 Å². The molecular weight excluding hydrogens is 427 g/mol. The molecule has 0 bridgehead atoms. The van der Waals surface area contributed by atoms with E-state index in [-0.39, 0.29) is 34.4 Å². The summed E-state index contributed by atoms with van der Waals surface area (Å²) in [6.07, 6.45) is 2.28. The summed E-state index contributed by atoms with van der Waals surface area (Å²) in [4.78, 5) is 36.6. The lowest BCUT2D eigenvalue weighted by Crippen LogP contribution is -2.40. The van der Waals surface area contributed by atoms with Gasteiger partial charge in [-0.3, -0.25) is 13.9 Å². The summed E-state index contributed by atoms with van der Waals surface area (Å²) in [5.41, 5.74) is -0.116. The number of hydrogen-bond acceptors (Lipinski definition) is 6. The number of aryl methyl sites for hydroxylation is 2. The van der Waals surface area contributed by atoms with Crippen LogP contribution in [-0.2, 0) is 19.5 Å². The summed E-state index contributed by atoms with van der Waals surface area (Å²) in [6, 6.07) is 6.19. The number of halogens is 2. The summed E-state index contributed by atoms with van der Waals surface area (Å²) >= 11 is 5.91. The van der Waals surface area contributed by atoms with Crippen LogP contribution in [0.4, 0.5) is 4.39 Å². The fourth-order valence-corrected chi connectivity index (χ4v) is 3.59. The van der Waals surface area contributed by atoms with E-state index < -0.39 is 17.1 Å². The highest BCUT2D eigenvalue weighted by Gasteiger charge is 2.17. The number of nitrogens with zero attached hydrogens (tertiary/aromatic N) is 5. The Morgan fingerprint density at radius 2 is 1.94 bits per heavy atom. The summed E-state index contributed by atoms with van der Waals surface area (Å²) in [5.74, 6) is 0.130. The Hall–Kier alpha value is -3.27. The largest absolute Gasteiger partial charge is 0.339 e. The zero-order chi connectivity index (χ0) is 22.0. The summed E-state index contributed by atoms with van der Waals surface area (Å²) in [7, 11) is 0. The molecule has 4 aromatic rings. The van der Waals surface area contributed by atoms with Crippen LogP contribution < -0.4 is 11.2 Å². The zero-order valence-corrected chi connectivity index (χ0v) is 17.5. The van der Waals surface area contributed by atoms with Crippen molar-refractivity contribution in [3.05, 3.63) is 62.1 Å². The Labute approximate surface area is 180 Å². The number of hydrogen-bond donors (Lipinski definition) is 1. The van der Waals surface area contributed by atoms with Crippen LogP contribution in [0.2, 0.25) is 5.28 Å². The predicted molar refractivity (Wildman–Crippen MR) is 113 cm³/mol. The van der Waals surface area contributed by atoms with Crippen molar-refractivity contribution in [1.82, 2.24) is 29.2 Å². The van der Waals surface area contributed by atoms with Crippen LogP contribution in [0.15, 0.2) is 38.4 Å². The van der Waals surface area contributed by atoms with Gasteiger partial charge in [-0.05, 0) is 43.0 Å². The van der Waals surface area contributed by atoms with Gasteiger partial charge in [0.2, 0.25) is 17.0 Å². The minimum atomic E-state index is -0.452.